The number of benzene rings is 3. The molecule has 0 spiro atoms. The van der Waals surface area contributed by atoms with Gasteiger partial charge in [-0.25, -0.2) is 0 Å². The normalized spacial score (nSPS) is 20.6. The number of epoxide rings is 2. The van der Waals surface area contributed by atoms with Crippen molar-refractivity contribution in [2.24, 2.45) is 0 Å². The molecule has 0 aromatic heterocycles. The van der Waals surface area contributed by atoms with Crippen LogP contribution in [-0.2, 0) is 9.47 Å². The maximum Gasteiger partial charge on any atom is 0.132 e. The van der Waals surface area contributed by atoms with E-state index in [0.29, 0.717) is 35.3 Å². The first-order valence-electron chi connectivity index (χ1n) is 11.7. The van der Waals surface area contributed by atoms with Crippen molar-refractivity contribution in [3.63, 3.8) is 0 Å². The Balaban J connectivity index is 0.000000144. The Labute approximate surface area is 236 Å². The van der Waals surface area contributed by atoms with Gasteiger partial charge in [0.1, 0.15) is 23.9 Å². The van der Waals surface area contributed by atoms with Crippen LogP contribution < -0.4 is 4.74 Å². The number of phenolic OH excluding ortho intramolecular Hbond substituents is 2. The third kappa shape index (κ3) is 12.1. The van der Waals surface area contributed by atoms with Crippen LogP contribution in [0.5, 0.6) is 17.2 Å². The summed E-state index contributed by atoms with van der Waals surface area (Å²) in [6.07, 6.45) is 0.466. The number of hydrogen-bond donors (Lipinski definition) is 4. The molecule has 0 amide bonds. The third-order valence-corrected chi connectivity index (χ3v) is 7.98. The predicted molar refractivity (Wildman–Crippen MR) is 153 cm³/mol. The Morgan fingerprint density at radius 3 is 2.05 bits per heavy atom. The summed E-state index contributed by atoms with van der Waals surface area (Å²) in [5.41, 5.74) is 0. The number of alkyl halides is 1. The number of fused-ring (bicyclic) bond motifs is 1. The summed E-state index contributed by atoms with van der Waals surface area (Å²) in [4.78, 5) is 2.68. The first kappa shape index (κ1) is 29.8. The molecule has 3 aromatic rings. The molecule has 37 heavy (non-hydrogen) atoms. The SMILES string of the molecule is ClCC1CO1.OC1COc2ccccc2SC1.Oc1ccccc1S.Oc1ccccc1SCC1CO1. The standard InChI is InChI=1S/2C9H10O2S.C6H6OS.C3H5ClO/c10-8-3-1-2-4-9(8)12-6-7-5-11-7;10-7-5-11-8-3-1-2-4-9(8)12-6-7;7-5-3-1-2-4-6(5)8;4-1-3-2-5-3/h2*1-4,7,10H,5-6H2;1-4,7-8H;3H,1-2H2. The van der Waals surface area contributed by atoms with Crippen LogP contribution in [-0.4, -0.2) is 70.8 Å². The van der Waals surface area contributed by atoms with Gasteiger partial charge in [0.15, 0.2) is 0 Å². The van der Waals surface area contributed by atoms with E-state index in [1.807, 2.05) is 48.5 Å². The van der Waals surface area contributed by atoms with E-state index in [4.69, 9.17) is 30.9 Å². The zero-order valence-corrected chi connectivity index (χ0v) is 23.4. The number of thioether (sulfide) groups is 2. The molecule has 3 heterocycles. The molecule has 6 rings (SSSR count). The van der Waals surface area contributed by atoms with Gasteiger partial charge in [0.25, 0.3) is 0 Å². The van der Waals surface area contributed by atoms with E-state index in [1.165, 1.54) is 0 Å². The Bertz CT molecular complexity index is 1030. The molecule has 200 valence electrons. The van der Waals surface area contributed by atoms with Crippen LogP contribution in [0.15, 0.2) is 87.5 Å². The Morgan fingerprint density at radius 1 is 0.865 bits per heavy atom. The van der Waals surface area contributed by atoms with E-state index in [-0.39, 0.29) is 11.9 Å². The number of aliphatic hydroxyl groups excluding tert-OH is 1. The number of thiol groups is 1. The van der Waals surface area contributed by atoms with E-state index in [2.05, 4.69) is 12.6 Å². The lowest BCUT2D eigenvalue weighted by Gasteiger charge is -2.05. The Kier molecular flexibility index (Phi) is 13.1. The van der Waals surface area contributed by atoms with Crippen LogP contribution in [0, 0.1) is 0 Å². The Hall–Kier alpha value is -1.72. The third-order valence-electron chi connectivity index (χ3n) is 4.86. The molecule has 2 saturated heterocycles. The maximum absolute atomic E-state index is 9.38. The quantitative estimate of drug-likeness (QED) is 0.134. The molecular weight excluding hydrogens is 552 g/mol. The van der Waals surface area contributed by atoms with Gasteiger partial charge in [-0.3, -0.25) is 0 Å². The lowest BCUT2D eigenvalue weighted by molar-refractivity contribution is 0.127. The minimum atomic E-state index is -0.345. The number of ether oxygens (including phenoxy) is 3. The number of para-hydroxylation sites is 3. The van der Waals surface area contributed by atoms with Crippen molar-refractivity contribution in [2.45, 2.75) is 33.0 Å². The minimum absolute atomic E-state index is 0.232. The molecule has 0 radical (unpaired) electrons. The van der Waals surface area contributed by atoms with Gasteiger partial charge in [-0.15, -0.1) is 47.8 Å². The van der Waals surface area contributed by atoms with E-state index >= 15 is 0 Å². The molecule has 3 N–H and O–H groups in total. The zero-order chi connectivity index (χ0) is 26.5. The Morgan fingerprint density at radius 2 is 1.49 bits per heavy atom. The number of halogens is 1. The van der Waals surface area contributed by atoms with Gasteiger partial charge in [-0.2, -0.15) is 0 Å². The smallest absolute Gasteiger partial charge is 0.132 e. The second kappa shape index (κ2) is 16.3. The highest BCUT2D eigenvalue weighted by molar-refractivity contribution is 7.99. The number of aromatic hydroxyl groups is 2. The van der Waals surface area contributed by atoms with Crippen LogP contribution in [0.3, 0.4) is 0 Å². The highest BCUT2D eigenvalue weighted by Gasteiger charge is 2.22. The van der Waals surface area contributed by atoms with Crippen LogP contribution in [0.2, 0.25) is 0 Å². The van der Waals surface area contributed by atoms with E-state index < -0.39 is 0 Å². The van der Waals surface area contributed by atoms with Crippen molar-refractivity contribution < 1.29 is 29.5 Å². The van der Waals surface area contributed by atoms with Crippen molar-refractivity contribution in [1.82, 2.24) is 0 Å². The monoisotopic (exact) mass is 582 g/mol. The summed E-state index contributed by atoms with van der Waals surface area (Å²) >= 11 is 12.5. The van der Waals surface area contributed by atoms with Crippen molar-refractivity contribution in [3.05, 3.63) is 72.8 Å². The van der Waals surface area contributed by atoms with Gasteiger partial charge in [0, 0.05) is 26.2 Å². The zero-order valence-electron chi connectivity index (χ0n) is 20.1. The molecule has 3 aliphatic rings. The van der Waals surface area contributed by atoms with Gasteiger partial charge >= 0.3 is 0 Å². The molecule has 0 aliphatic carbocycles. The van der Waals surface area contributed by atoms with Crippen molar-refractivity contribution in [2.75, 3.05) is 37.2 Å². The van der Waals surface area contributed by atoms with Gasteiger partial charge in [-0.1, -0.05) is 36.4 Å². The minimum Gasteiger partial charge on any atom is -0.507 e. The summed E-state index contributed by atoms with van der Waals surface area (Å²) in [5, 5.41) is 27.5. The molecule has 2 fully saturated rings. The molecule has 3 unspecified atom stereocenters. The largest absolute Gasteiger partial charge is 0.507 e. The van der Waals surface area contributed by atoms with Crippen LogP contribution in [0.1, 0.15) is 0 Å². The van der Waals surface area contributed by atoms with Crippen molar-refractivity contribution >= 4 is 47.8 Å². The molecular formula is C27H31ClO6S3. The molecule has 0 saturated carbocycles. The number of aliphatic hydroxyl groups is 1. The molecule has 10 heteroatoms. The van der Waals surface area contributed by atoms with Gasteiger partial charge in [0.05, 0.1) is 37.4 Å². The lowest BCUT2D eigenvalue weighted by atomic mass is 10.3. The summed E-state index contributed by atoms with van der Waals surface area (Å²) < 4.78 is 15.2. The van der Waals surface area contributed by atoms with Crippen LogP contribution in [0.25, 0.3) is 0 Å². The highest BCUT2D eigenvalue weighted by atomic mass is 35.5. The predicted octanol–water partition coefficient (Wildman–Crippen LogP) is 5.72. The fourth-order valence-electron chi connectivity index (χ4n) is 2.66. The van der Waals surface area contributed by atoms with Gasteiger partial charge in [0.2, 0.25) is 0 Å². The van der Waals surface area contributed by atoms with Gasteiger partial charge < -0.3 is 29.5 Å². The summed E-state index contributed by atoms with van der Waals surface area (Å²) in [6, 6.07) is 22.2. The first-order chi connectivity index (χ1) is 18.0. The summed E-state index contributed by atoms with van der Waals surface area (Å²) in [6.45, 7) is 2.16. The molecule has 3 aromatic carbocycles. The lowest BCUT2D eigenvalue weighted by Crippen LogP contribution is -2.17. The fraction of sp³-hybridized carbons (Fsp3) is 0.333. The number of hydrogen-bond acceptors (Lipinski definition) is 9. The van der Waals surface area contributed by atoms with Crippen LogP contribution >= 0.6 is 47.8 Å². The van der Waals surface area contributed by atoms with E-state index in [0.717, 1.165) is 40.3 Å². The average molecular weight is 583 g/mol. The molecule has 6 nitrogen and oxygen atoms in total. The first-order valence-corrected chi connectivity index (χ1v) is 14.6. The number of phenols is 2. The summed E-state index contributed by atoms with van der Waals surface area (Å²) in [5.74, 6) is 3.81. The van der Waals surface area contributed by atoms with E-state index in [9.17, 15) is 10.2 Å². The molecule has 3 aliphatic heterocycles. The number of rotatable bonds is 4. The second-order valence-corrected chi connectivity index (χ2v) is 11.0. The van der Waals surface area contributed by atoms with Gasteiger partial charge in [-0.05, 0) is 36.4 Å². The topological polar surface area (TPSA) is 95.0 Å². The van der Waals surface area contributed by atoms with Crippen molar-refractivity contribution in [3.8, 4) is 17.2 Å². The van der Waals surface area contributed by atoms with Crippen LogP contribution in [0.4, 0.5) is 0 Å². The highest BCUT2D eigenvalue weighted by Crippen LogP contribution is 2.32. The summed E-state index contributed by atoms with van der Waals surface area (Å²) in [7, 11) is 0. The fourth-order valence-corrected chi connectivity index (χ4v) is 4.86. The molecule has 3 atom stereocenters. The second-order valence-electron chi connectivity index (χ2n) is 8.05. The average Bonchev–Trinajstić information content (AvgIpc) is 3.82. The van der Waals surface area contributed by atoms with E-state index in [1.54, 1.807) is 47.8 Å². The molecule has 0 bridgehead atoms. The maximum atomic E-state index is 9.38. The van der Waals surface area contributed by atoms with Crippen molar-refractivity contribution in [1.29, 1.82) is 0 Å².